The SMILES string of the molecule is CN(Cc1ccccc1)C(=O)c1cccc(NCC(=O)N2CCCc3ccccc32)c1. The van der Waals surface area contributed by atoms with Crippen LogP contribution in [-0.2, 0) is 17.8 Å². The molecule has 1 N–H and O–H groups in total. The topological polar surface area (TPSA) is 52.7 Å². The number of carbonyl (C=O) groups is 2. The van der Waals surface area contributed by atoms with E-state index >= 15 is 0 Å². The molecule has 3 aromatic carbocycles. The molecule has 5 heteroatoms. The van der Waals surface area contributed by atoms with Gasteiger partial charge in [0.2, 0.25) is 5.91 Å². The van der Waals surface area contributed by atoms with Crippen molar-refractivity contribution in [1.82, 2.24) is 4.90 Å². The van der Waals surface area contributed by atoms with Crippen molar-refractivity contribution in [2.45, 2.75) is 19.4 Å². The lowest BCUT2D eigenvalue weighted by Gasteiger charge is -2.29. The lowest BCUT2D eigenvalue weighted by atomic mass is 10.0. The van der Waals surface area contributed by atoms with Crippen LogP contribution in [0.4, 0.5) is 11.4 Å². The summed E-state index contributed by atoms with van der Waals surface area (Å²) in [5.41, 5.74) is 4.67. The predicted molar refractivity (Wildman–Crippen MR) is 124 cm³/mol. The summed E-state index contributed by atoms with van der Waals surface area (Å²) < 4.78 is 0. The summed E-state index contributed by atoms with van der Waals surface area (Å²) in [4.78, 5) is 29.3. The number of hydrogen-bond donors (Lipinski definition) is 1. The second-order valence-electron chi connectivity index (χ2n) is 7.86. The molecular weight excluding hydrogens is 386 g/mol. The highest BCUT2D eigenvalue weighted by atomic mass is 16.2. The number of anilines is 2. The van der Waals surface area contributed by atoms with Gasteiger partial charge in [-0.3, -0.25) is 9.59 Å². The molecule has 2 amide bonds. The van der Waals surface area contributed by atoms with Crippen LogP contribution in [0.3, 0.4) is 0 Å². The standard InChI is InChI=1S/C26H27N3O2/c1-28(19-20-9-3-2-4-10-20)26(31)22-12-7-14-23(17-22)27-18-25(30)29-16-8-13-21-11-5-6-15-24(21)29/h2-7,9-12,14-15,17,27H,8,13,16,18-19H2,1H3. The molecule has 158 valence electrons. The van der Waals surface area contributed by atoms with Crippen LogP contribution >= 0.6 is 0 Å². The minimum atomic E-state index is -0.0520. The monoisotopic (exact) mass is 413 g/mol. The van der Waals surface area contributed by atoms with E-state index in [2.05, 4.69) is 11.4 Å². The zero-order valence-electron chi connectivity index (χ0n) is 17.8. The molecule has 0 unspecified atom stereocenters. The largest absolute Gasteiger partial charge is 0.376 e. The first kappa shape index (κ1) is 20.7. The van der Waals surface area contributed by atoms with Gasteiger partial charge in [0.1, 0.15) is 0 Å². The number of hydrogen-bond acceptors (Lipinski definition) is 3. The molecule has 4 rings (SSSR count). The average Bonchev–Trinajstić information content (AvgIpc) is 2.82. The van der Waals surface area contributed by atoms with Gasteiger partial charge in [-0.2, -0.15) is 0 Å². The Bertz CT molecular complexity index is 1070. The fourth-order valence-electron chi connectivity index (χ4n) is 3.98. The Kier molecular flexibility index (Phi) is 6.32. The van der Waals surface area contributed by atoms with Gasteiger partial charge in [0.05, 0.1) is 6.54 Å². The molecule has 0 spiro atoms. The summed E-state index contributed by atoms with van der Waals surface area (Å²) >= 11 is 0. The lowest BCUT2D eigenvalue weighted by Crippen LogP contribution is -2.39. The van der Waals surface area contributed by atoms with E-state index in [9.17, 15) is 9.59 Å². The number of benzene rings is 3. The summed E-state index contributed by atoms with van der Waals surface area (Å²) in [5, 5.41) is 3.19. The maximum absolute atomic E-state index is 12.9. The molecule has 3 aromatic rings. The maximum Gasteiger partial charge on any atom is 0.253 e. The van der Waals surface area contributed by atoms with E-state index < -0.39 is 0 Å². The summed E-state index contributed by atoms with van der Waals surface area (Å²) in [5.74, 6) is -0.0196. The summed E-state index contributed by atoms with van der Waals surface area (Å²) in [6, 6.07) is 25.3. The van der Waals surface area contributed by atoms with Crippen LogP contribution in [0.2, 0.25) is 0 Å². The van der Waals surface area contributed by atoms with Gasteiger partial charge in [-0.25, -0.2) is 0 Å². The zero-order chi connectivity index (χ0) is 21.6. The van der Waals surface area contributed by atoms with E-state index in [1.807, 2.05) is 65.6 Å². The van der Waals surface area contributed by atoms with Crippen molar-refractivity contribution in [3.05, 3.63) is 95.6 Å². The molecule has 1 heterocycles. The van der Waals surface area contributed by atoms with Crippen LogP contribution in [0.15, 0.2) is 78.9 Å². The first-order chi connectivity index (χ1) is 15.1. The van der Waals surface area contributed by atoms with Gasteiger partial charge >= 0.3 is 0 Å². The van der Waals surface area contributed by atoms with E-state index in [-0.39, 0.29) is 18.4 Å². The Balaban J connectivity index is 1.39. The molecule has 0 saturated carbocycles. The van der Waals surface area contributed by atoms with E-state index in [1.54, 1.807) is 24.1 Å². The summed E-state index contributed by atoms with van der Waals surface area (Å²) in [6.45, 7) is 1.47. The van der Waals surface area contributed by atoms with Crippen LogP contribution in [0.25, 0.3) is 0 Å². The quantitative estimate of drug-likeness (QED) is 0.654. The van der Waals surface area contributed by atoms with Crippen molar-refractivity contribution in [3.8, 4) is 0 Å². The molecule has 0 fully saturated rings. The predicted octanol–water partition coefficient (Wildman–Crippen LogP) is 4.35. The third-order valence-corrected chi connectivity index (χ3v) is 5.57. The molecule has 0 aromatic heterocycles. The first-order valence-corrected chi connectivity index (χ1v) is 10.6. The van der Waals surface area contributed by atoms with Crippen molar-refractivity contribution in [1.29, 1.82) is 0 Å². The van der Waals surface area contributed by atoms with E-state index in [4.69, 9.17) is 0 Å². The Morgan fingerprint density at radius 2 is 1.74 bits per heavy atom. The highest BCUT2D eigenvalue weighted by Gasteiger charge is 2.21. The number of para-hydroxylation sites is 1. The highest BCUT2D eigenvalue weighted by molar-refractivity contribution is 5.98. The van der Waals surface area contributed by atoms with Crippen molar-refractivity contribution >= 4 is 23.2 Å². The Morgan fingerprint density at radius 1 is 0.968 bits per heavy atom. The van der Waals surface area contributed by atoms with E-state index in [1.165, 1.54) is 5.56 Å². The van der Waals surface area contributed by atoms with Gasteiger partial charge in [0.15, 0.2) is 0 Å². The minimum Gasteiger partial charge on any atom is -0.376 e. The highest BCUT2D eigenvalue weighted by Crippen LogP contribution is 2.26. The van der Waals surface area contributed by atoms with Gasteiger partial charge in [0, 0.05) is 37.1 Å². The van der Waals surface area contributed by atoms with Gasteiger partial charge in [-0.05, 0) is 48.2 Å². The second-order valence-corrected chi connectivity index (χ2v) is 7.86. The van der Waals surface area contributed by atoms with Crippen molar-refractivity contribution < 1.29 is 9.59 Å². The van der Waals surface area contributed by atoms with Gasteiger partial charge in [-0.1, -0.05) is 54.6 Å². The summed E-state index contributed by atoms with van der Waals surface area (Å²) in [7, 11) is 1.80. The third kappa shape index (κ3) is 4.94. The Morgan fingerprint density at radius 3 is 2.58 bits per heavy atom. The number of carbonyl (C=O) groups excluding carboxylic acids is 2. The molecule has 0 atom stereocenters. The molecule has 5 nitrogen and oxygen atoms in total. The zero-order valence-corrected chi connectivity index (χ0v) is 17.8. The van der Waals surface area contributed by atoms with Crippen molar-refractivity contribution in [2.75, 3.05) is 30.4 Å². The molecule has 1 aliphatic rings. The molecule has 0 bridgehead atoms. The molecule has 0 aliphatic carbocycles. The normalized spacial score (nSPS) is 12.7. The molecule has 0 saturated heterocycles. The van der Waals surface area contributed by atoms with Crippen LogP contribution in [0.5, 0.6) is 0 Å². The minimum absolute atomic E-state index is 0.0325. The van der Waals surface area contributed by atoms with Crippen molar-refractivity contribution in [2.24, 2.45) is 0 Å². The number of nitrogens with one attached hydrogen (secondary N) is 1. The van der Waals surface area contributed by atoms with Gasteiger partial charge < -0.3 is 15.1 Å². The van der Waals surface area contributed by atoms with Crippen LogP contribution < -0.4 is 10.2 Å². The van der Waals surface area contributed by atoms with Crippen LogP contribution in [0.1, 0.15) is 27.9 Å². The number of amides is 2. The number of fused-ring (bicyclic) bond motifs is 1. The van der Waals surface area contributed by atoms with Crippen LogP contribution in [0, 0.1) is 0 Å². The number of aryl methyl sites for hydroxylation is 1. The Hall–Kier alpha value is -3.60. The molecule has 0 radical (unpaired) electrons. The average molecular weight is 414 g/mol. The molecule has 1 aliphatic heterocycles. The van der Waals surface area contributed by atoms with E-state index in [0.29, 0.717) is 12.1 Å². The fourth-order valence-corrected chi connectivity index (χ4v) is 3.98. The smallest absolute Gasteiger partial charge is 0.253 e. The van der Waals surface area contributed by atoms with Crippen molar-refractivity contribution in [3.63, 3.8) is 0 Å². The lowest BCUT2D eigenvalue weighted by molar-refractivity contribution is -0.117. The fraction of sp³-hybridized carbons (Fsp3) is 0.231. The third-order valence-electron chi connectivity index (χ3n) is 5.57. The molecule has 31 heavy (non-hydrogen) atoms. The first-order valence-electron chi connectivity index (χ1n) is 10.6. The van der Waals surface area contributed by atoms with Gasteiger partial charge in [-0.15, -0.1) is 0 Å². The maximum atomic E-state index is 12.9. The molecular formula is C26H27N3O2. The second kappa shape index (κ2) is 9.47. The van der Waals surface area contributed by atoms with Gasteiger partial charge in [0.25, 0.3) is 5.91 Å². The number of rotatable bonds is 6. The van der Waals surface area contributed by atoms with Crippen LogP contribution in [-0.4, -0.2) is 36.9 Å². The van der Waals surface area contributed by atoms with E-state index in [0.717, 1.165) is 36.3 Å². The number of nitrogens with zero attached hydrogens (tertiary/aromatic N) is 2. The summed E-state index contributed by atoms with van der Waals surface area (Å²) in [6.07, 6.45) is 1.98. The Labute approximate surface area is 183 Å².